The Hall–Kier alpha value is -2.17. The van der Waals surface area contributed by atoms with Crippen LogP contribution in [-0.4, -0.2) is 42.5 Å². The molecule has 2 aromatic carbocycles. The van der Waals surface area contributed by atoms with Crippen LogP contribution < -0.4 is 4.74 Å². The minimum atomic E-state index is -0.714. The summed E-state index contributed by atoms with van der Waals surface area (Å²) >= 11 is 0. The number of ether oxygens (including phenoxy) is 1. The van der Waals surface area contributed by atoms with E-state index in [9.17, 15) is 9.90 Å². The SMILES string of the molecule is COc1cccc(C(=O)CCCN2CCC(O)(c3ccccc3)CC2)c1. The highest BCUT2D eigenvalue weighted by Gasteiger charge is 2.33. The number of hydrogen-bond donors (Lipinski definition) is 1. The van der Waals surface area contributed by atoms with E-state index >= 15 is 0 Å². The van der Waals surface area contributed by atoms with Gasteiger partial charge >= 0.3 is 0 Å². The van der Waals surface area contributed by atoms with E-state index in [1.165, 1.54) is 0 Å². The van der Waals surface area contributed by atoms with Gasteiger partial charge in [0, 0.05) is 25.1 Å². The number of piperidine rings is 1. The Morgan fingerprint density at radius 3 is 2.54 bits per heavy atom. The number of hydrogen-bond acceptors (Lipinski definition) is 4. The van der Waals surface area contributed by atoms with Gasteiger partial charge in [0.25, 0.3) is 0 Å². The van der Waals surface area contributed by atoms with Gasteiger partial charge in [0.05, 0.1) is 12.7 Å². The number of rotatable bonds is 7. The number of carbonyl (C=O) groups is 1. The molecule has 0 atom stereocenters. The summed E-state index contributed by atoms with van der Waals surface area (Å²) in [4.78, 5) is 14.7. The van der Waals surface area contributed by atoms with Crippen LogP contribution >= 0.6 is 0 Å². The van der Waals surface area contributed by atoms with Gasteiger partial charge in [-0.3, -0.25) is 4.79 Å². The minimum absolute atomic E-state index is 0.154. The lowest BCUT2D eigenvalue weighted by molar-refractivity contribution is -0.0260. The molecule has 0 radical (unpaired) electrons. The van der Waals surface area contributed by atoms with Gasteiger partial charge in [-0.05, 0) is 43.5 Å². The van der Waals surface area contributed by atoms with E-state index < -0.39 is 5.60 Å². The highest BCUT2D eigenvalue weighted by Crippen LogP contribution is 2.32. The van der Waals surface area contributed by atoms with E-state index in [0.717, 1.165) is 44.5 Å². The first-order valence-electron chi connectivity index (χ1n) is 9.28. The molecule has 26 heavy (non-hydrogen) atoms. The van der Waals surface area contributed by atoms with E-state index in [1.54, 1.807) is 13.2 Å². The lowest BCUT2D eigenvalue weighted by atomic mass is 9.84. The summed E-state index contributed by atoms with van der Waals surface area (Å²) in [5, 5.41) is 10.9. The number of nitrogens with zero attached hydrogens (tertiary/aromatic N) is 1. The third-order valence-corrected chi connectivity index (χ3v) is 5.26. The Morgan fingerprint density at radius 2 is 1.85 bits per heavy atom. The number of carbonyl (C=O) groups excluding carboxylic acids is 1. The van der Waals surface area contributed by atoms with Crippen LogP contribution in [0.2, 0.25) is 0 Å². The van der Waals surface area contributed by atoms with Crippen LogP contribution in [0.4, 0.5) is 0 Å². The van der Waals surface area contributed by atoms with E-state index in [-0.39, 0.29) is 5.78 Å². The fourth-order valence-corrected chi connectivity index (χ4v) is 3.59. The summed E-state index contributed by atoms with van der Waals surface area (Å²) in [6, 6.07) is 17.3. The van der Waals surface area contributed by atoms with Gasteiger partial charge in [-0.15, -0.1) is 0 Å². The largest absolute Gasteiger partial charge is 0.497 e. The Kier molecular flexibility index (Phi) is 6.07. The van der Waals surface area contributed by atoms with Crippen LogP contribution in [0.3, 0.4) is 0 Å². The Labute approximate surface area is 155 Å². The molecule has 0 amide bonds. The third kappa shape index (κ3) is 4.51. The van der Waals surface area contributed by atoms with Gasteiger partial charge in [-0.1, -0.05) is 42.5 Å². The highest BCUT2D eigenvalue weighted by atomic mass is 16.5. The molecule has 4 nitrogen and oxygen atoms in total. The Morgan fingerprint density at radius 1 is 1.12 bits per heavy atom. The monoisotopic (exact) mass is 353 g/mol. The van der Waals surface area contributed by atoms with Crippen LogP contribution in [0.25, 0.3) is 0 Å². The topological polar surface area (TPSA) is 49.8 Å². The molecule has 1 aliphatic rings. The average Bonchev–Trinajstić information content (AvgIpc) is 2.70. The minimum Gasteiger partial charge on any atom is -0.497 e. The van der Waals surface area contributed by atoms with E-state index in [0.29, 0.717) is 17.7 Å². The second-order valence-corrected chi connectivity index (χ2v) is 7.00. The second kappa shape index (κ2) is 8.47. The number of benzene rings is 2. The van der Waals surface area contributed by atoms with Gasteiger partial charge in [-0.25, -0.2) is 0 Å². The molecule has 4 heteroatoms. The van der Waals surface area contributed by atoms with Crippen LogP contribution in [0.1, 0.15) is 41.6 Å². The molecule has 1 heterocycles. The van der Waals surface area contributed by atoms with Crippen molar-refractivity contribution in [2.75, 3.05) is 26.7 Å². The molecular formula is C22H27NO3. The Bertz CT molecular complexity index is 721. The second-order valence-electron chi connectivity index (χ2n) is 7.00. The maximum atomic E-state index is 12.3. The predicted octanol–water partition coefficient (Wildman–Crippen LogP) is 3.64. The quantitative estimate of drug-likeness (QED) is 0.772. The zero-order valence-corrected chi connectivity index (χ0v) is 15.4. The molecule has 1 N–H and O–H groups in total. The fourth-order valence-electron chi connectivity index (χ4n) is 3.59. The van der Waals surface area contributed by atoms with Crippen molar-refractivity contribution >= 4 is 5.78 Å². The summed E-state index contributed by atoms with van der Waals surface area (Å²) in [6.07, 6.45) is 2.84. The smallest absolute Gasteiger partial charge is 0.163 e. The molecular weight excluding hydrogens is 326 g/mol. The molecule has 0 bridgehead atoms. The first kappa shape index (κ1) is 18.6. The molecule has 1 saturated heterocycles. The van der Waals surface area contributed by atoms with Crippen LogP contribution in [-0.2, 0) is 5.60 Å². The van der Waals surface area contributed by atoms with Crippen LogP contribution in [0.15, 0.2) is 54.6 Å². The van der Waals surface area contributed by atoms with Crippen molar-refractivity contribution in [1.82, 2.24) is 4.90 Å². The number of likely N-dealkylation sites (tertiary alicyclic amines) is 1. The number of Topliss-reactive ketones (excluding diaryl/α,β-unsaturated/α-hetero) is 1. The van der Waals surface area contributed by atoms with Crippen molar-refractivity contribution in [2.24, 2.45) is 0 Å². The Balaban J connectivity index is 1.45. The van der Waals surface area contributed by atoms with Gasteiger partial charge in [0.1, 0.15) is 5.75 Å². The molecule has 3 rings (SSSR count). The molecule has 1 fully saturated rings. The number of ketones is 1. The average molecular weight is 353 g/mol. The summed E-state index contributed by atoms with van der Waals surface area (Å²) in [5.41, 5.74) is 1.00. The van der Waals surface area contributed by atoms with Gasteiger partial charge in [0.2, 0.25) is 0 Å². The van der Waals surface area contributed by atoms with E-state index in [4.69, 9.17) is 4.74 Å². The first-order chi connectivity index (χ1) is 12.6. The van der Waals surface area contributed by atoms with Gasteiger partial charge < -0.3 is 14.7 Å². The lowest BCUT2D eigenvalue weighted by Gasteiger charge is -2.38. The van der Waals surface area contributed by atoms with Crippen molar-refractivity contribution < 1.29 is 14.6 Å². The molecule has 0 aromatic heterocycles. The number of aliphatic hydroxyl groups is 1. The normalized spacial score (nSPS) is 17.0. The maximum Gasteiger partial charge on any atom is 0.163 e. The van der Waals surface area contributed by atoms with Crippen LogP contribution in [0, 0.1) is 0 Å². The zero-order chi connectivity index (χ0) is 18.4. The third-order valence-electron chi connectivity index (χ3n) is 5.26. The summed E-state index contributed by atoms with van der Waals surface area (Å²) in [6.45, 7) is 2.61. The van der Waals surface area contributed by atoms with Crippen molar-refractivity contribution in [3.63, 3.8) is 0 Å². The molecule has 1 aliphatic heterocycles. The fraction of sp³-hybridized carbons (Fsp3) is 0.409. The van der Waals surface area contributed by atoms with E-state index in [2.05, 4.69) is 4.90 Å². The maximum absolute atomic E-state index is 12.3. The standard InChI is InChI=1S/C22H27NO3/c1-26-20-10-5-7-18(17-20)21(24)11-6-14-23-15-12-22(25,13-16-23)19-8-3-2-4-9-19/h2-5,7-10,17,25H,6,11-16H2,1H3. The van der Waals surface area contributed by atoms with Gasteiger partial charge in [0.15, 0.2) is 5.78 Å². The summed E-state index contributed by atoms with van der Waals surface area (Å²) in [7, 11) is 1.61. The van der Waals surface area contributed by atoms with Crippen LogP contribution in [0.5, 0.6) is 5.75 Å². The molecule has 0 spiro atoms. The van der Waals surface area contributed by atoms with Crippen molar-refractivity contribution in [1.29, 1.82) is 0 Å². The summed E-state index contributed by atoms with van der Waals surface area (Å²) < 4.78 is 5.18. The first-order valence-corrected chi connectivity index (χ1v) is 9.28. The van der Waals surface area contributed by atoms with Crippen molar-refractivity contribution in [2.45, 2.75) is 31.3 Å². The number of methoxy groups -OCH3 is 1. The molecule has 0 aliphatic carbocycles. The summed E-state index contributed by atoms with van der Waals surface area (Å²) in [5.74, 6) is 0.869. The zero-order valence-electron chi connectivity index (χ0n) is 15.4. The van der Waals surface area contributed by atoms with Crippen molar-refractivity contribution in [3.05, 3.63) is 65.7 Å². The molecule has 2 aromatic rings. The molecule has 0 saturated carbocycles. The van der Waals surface area contributed by atoms with E-state index in [1.807, 2.05) is 48.5 Å². The lowest BCUT2D eigenvalue weighted by Crippen LogP contribution is -2.42. The molecule has 138 valence electrons. The molecule has 0 unspecified atom stereocenters. The predicted molar refractivity (Wildman–Crippen MR) is 103 cm³/mol. The highest BCUT2D eigenvalue weighted by molar-refractivity contribution is 5.96. The van der Waals surface area contributed by atoms with Crippen molar-refractivity contribution in [3.8, 4) is 5.75 Å². The van der Waals surface area contributed by atoms with Gasteiger partial charge in [-0.2, -0.15) is 0 Å².